The van der Waals surface area contributed by atoms with Crippen LogP contribution in [0.3, 0.4) is 0 Å². The molecule has 1 saturated heterocycles. The Balaban J connectivity index is 0.000000162. The summed E-state index contributed by atoms with van der Waals surface area (Å²) in [6.07, 6.45) is 5.37. The van der Waals surface area contributed by atoms with Gasteiger partial charge in [0.1, 0.15) is 17.2 Å². The van der Waals surface area contributed by atoms with E-state index in [1.807, 2.05) is 13.8 Å². The van der Waals surface area contributed by atoms with Gasteiger partial charge in [0.05, 0.1) is 12.6 Å². The first-order chi connectivity index (χ1) is 16.5. The van der Waals surface area contributed by atoms with Crippen LogP contribution < -0.4 is 15.0 Å². The number of rotatable bonds is 7. The van der Waals surface area contributed by atoms with Crippen molar-refractivity contribution in [1.29, 1.82) is 0 Å². The zero-order valence-corrected chi connectivity index (χ0v) is 20.0. The normalized spacial score (nSPS) is 15.9. The average Bonchev–Trinajstić information content (AvgIpc) is 3.30. The number of nitrogens with one attached hydrogen (secondary N) is 2. The van der Waals surface area contributed by atoms with Crippen LogP contribution in [0.15, 0.2) is 54.6 Å². The lowest BCUT2D eigenvalue weighted by Gasteiger charge is -2.17. The Bertz CT molecular complexity index is 1050. The van der Waals surface area contributed by atoms with Crippen molar-refractivity contribution in [3.05, 3.63) is 71.5 Å². The van der Waals surface area contributed by atoms with Crippen molar-refractivity contribution in [3.8, 4) is 11.5 Å². The summed E-state index contributed by atoms with van der Waals surface area (Å²) in [5.74, 6) is 1.84. The number of aromatic nitrogens is 2. The summed E-state index contributed by atoms with van der Waals surface area (Å²) in [7, 11) is 0. The molecule has 2 fully saturated rings. The summed E-state index contributed by atoms with van der Waals surface area (Å²) in [5, 5.41) is 18.7. The fourth-order valence-electron chi connectivity index (χ4n) is 3.88. The van der Waals surface area contributed by atoms with Crippen LogP contribution in [-0.2, 0) is 0 Å². The van der Waals surface area contributed by atoms with Crippen LogP contribution >= 0.6 is 0 Å². The molecule has 3 aromatic rings. The van der Waals surface area contributed by atoms with E-state index in [0.29, 0.717) is 5.69 Å². The van der Waals surface area contributed by atoms with Crippen LogP contribution in [-0.4, -0.2) is 40.9 Å². The summed E-state index contributed by atoms with van der Waals surface area (Å²) in [5.41, 5.74) is 3.49. The molecule has 1 aliphatic carbocycles. The van der Waals surface area contributed by atoms with Crippen LogP contribution in [0.5, 0.6) is 11.5 Å². The van der Waals surface area contributed by atoms with Gasteiger partial charge < -0.3 is 20.1 Å². The van der Waals surface area contributed by atoms with Crippen LogP contribution in [0.2, 0.25) is 0 Å². The highest BCUT2D eigenvalue weighted by Gasteiger charge is 2.22. The molecule has 1 saturated carbocycles. The Labute approximate surface area is 201 Å². The van der Waals surface area contributed by atoms with Gasteiger partial charge in [-0.3, -0.25) is 9.89 Å². The highest BCUT2D eigenvalue weighted by molar-refractivity contribution is 5.92. The van der Waals surface area contributed by atoms with E-state index < -0.39 is 0 Å². The van der Waals surface area contributed by atoms with Gasteiger partial charge >= 0.3 is 0 Å². The molecule has 180 valence electrons. The fraction of sp³-hybridized carbons (Fsp3) is 0.407. The number of aryl methyl sites for hydroxylation is 1. The first-order valence-corrected chi connectivity index (χ1v) is 12.1. The lowest BCUT2D eigenvalue weighted by molar-refractivity contribution is 0.0935. The minimum atomic E-state index is -0.222. The van der Waals surface area contributed by atoms with Gasteiger partial charge in [0.25, 0.3) is 5.91 Å². The van der Waals surface area contributed by atoms with Gasteiger partial charge in [-0.05, 0) is 93.5 Å². The van der Waals surface area contributed by atoms with Crippen LogP contribution in [0.4, 0.5) is 5.69 Å². The van der Waals surface area contributed by atoms with Gasteiger partial charge in [0.2, 0.25) is 0 Å². The predicted molar refractivity (Wildman–Crippen MR) is 133 cm³/mol. The molecule has 7 heteroatoms. The molecular formula is C27H34N4O3. The molecule has 2 heterocycles. The Morgan fingerprint density at radius 2 is 1.82 bits per heavy atom. The van der Waals surface area contributed by atoms with E-state index in [4.69, 9.17) is 4.74 Å². The molecular weight excluding hydrogens is 428 g/mol. The smallest absolute Gasteiger partial charge is 0.272 e. The number of amides is 1. The molecule has 2 aliphatic rings. The molecule has 1 aliphatic heterocycles. The van der Waals surface area contributed by atoms with Crippen LogP contribution in [0.25, 0.3) is 0 Å². The number of phenols is 1. The standard InChI is InChI=1S/C14H19NO.C13H15N3O2/c1-2-10-15(9-1)13-5-7-14(8-6-13)16-11-12-3-4-12;1-8-7-12(16-15-8)13(18)14-9(2)10-3-5-11(17)6-4-10/h5-8,12H,1-4,9-11H2;3-7,9,17H,1-2H3,(H,14,18)(H,15,16). The van der Waals surface area contributed by atoms with E-state index >= 15 is 0 Å². The van der Waals surface area contributed by atoms with Crippen molar-refractivity contribution in [1.82, 2.24) is 15.5 Å². The maximum absolute atomic E-state index is 11.9. The number of nitrogens with zero attached hydrogens (tertiary/aromatic N) is 2. The van der Waals surface area contributed by atoms with E-state index in [-0.39, 0.29) is 17.7 Å². The van der Waals surface area contributed by atoms with Crippen molar-refractivity contribution >= 4 is 11.6 Å². The lowest BCUT2D eigenvalue weighted by atomic mass is 10.1. The minimum absolute atomic E-state index is 0.143. The lowest BCUT2D eigenvalue weighted by Crippen LogP contribution is -2.26. The molecule has 7 nitrogen and oxygen atoms in total. The Morgan fingerprint density at radius 3 is 2.41 bits per heavy atom. The topological polar surface area (TPSA) is 90.5 Å². The zero-order chi connectivity index (χ0) is 23.9. The van der Waals surface area contributed by atoms with E-state index in [1.54, 1.807) is 30.3 Å². The third kappa shape index (κ3) is 6.76. The molecule has 0 radical (unpaired) electrons. The molecule has 0 bridgehead atoms. The van der Waals surface area contributed by atoms with Gasteiger partial charge in [-0.25, -0.2) is 0 Å². The fourth-order valence-corrected chi connectivity index (χ4v) is 3.88. The quantitative estimate of drug-likeness (QED) is 0.460. The van der Waals surface area contributed by atoms with Gasteiger partial charge in [-0.2, -0.15) is 5.10 Å². The summed E-state index contributed by atoms with van der Waals surface area (Å²) in [6.45, 7) is 7.05. The van der Waals surface area contributed by atoms with Crippen LogP contribution in [0, 0.1) is 12.8 Å². The number of carbonyl (C=O) groups is 1. The maximum Gasteiger partial charge on any atom is 0.272 e. The number of aromatic hydroxyl groups is 1. The number of hydrogen-bond donors (Lipinski definition) is 3. The summed E-state index contributed by atoms with van der Waals surface area (Å²) >= 11 is 0. The largest absolute Gasteiger partial charge is 0.508 e. The summed E-state index contributed by atoms with van der Waals surface area (Å²) < 4.78 is 5.73. The summed E-state index contributed by atoms with van der Waals surface area (Å²) in [6, 6.07) is 16.9. The Kier molecular flexibility index (Phi) is 7.72. The number of carbonyl (C=O) groups excluding carboxylic acids is 1. The van der Waals surface area contributed by atoms with Crippen molar-refractivity contribution < 1.29 is 14.6 Å². The molecule has 5 rings (SSSR count). The van der Waals surface area contributed by atoms with E-state index in [2.05, 4.69) is 44.7 Å². The highest BCUT2D eigenvalue weighted by atomic mass is 16.5. The number of benzene rings is 2. The first kappa shape index (κ1) is 23.7. The van der Waals surface area contributed by atoms with E-state index in [0.717, 1.165) is 29.5 Å². The highest BCUT2D eigenvalue weighted by Crippen LogP contribution is 2.30. The zero-order valence-electron chi connectivity index (χ0n) is 20.0. The second-order valence-corrected chi connectivity index (χ2v) is 9.17. The second-order valence-electron chi connectivity index (χ2n) is 9.17. The molecule has 1 aromatic heterocycles. The SMILES string of the molecule is Cc1cc(C(=O)NC(C)c2ccc(O)cc2)n[nH]1.c1cc(N2CCCC2)ccc1OCC1CC1. The number of hydrogen-bond acceptors (Lipinski definition) is 5. The maximum atomic E-state index is 11.9. The van der Waals surface area contributed by atoms with Crippen molar-refractivity contribution in [3.63, 3.8) is 0 Å². The predicted octanol–water partition coefficient (Wildman–Crippen LogP) is 4.99. The number of H-pyrrole nitrogens is 1. The van der Waals surface area contributed by atoms with Gasteiger partial charge in [0, 0.05) is 24.5 Å². The third-order valence-corrected chi connectivity index (χ3v) is 6.17. The molecule has 1 amide bonds. The molecule has 34 heavy (non-hydrogen) atoms. The van der Waals surface area contributed by atoms with Gasteiger partial charge in [-0.1, -0.05) is 12.1 Å². The first-order valence-electron chi connectivity index (χ1n) is 12.1. The molecule has 1 atom stereocenters. The molecule has 0 spiro atoms. The Morgan fingerprint density at radius 1 is 1.15 bits per heavy atom. The number of ether oxygens (including phenoxy) is 1. The second kappa shape index (κ2) is 11.1. The van der Waals surface area contributed by atoms with Gasteiger partial charge in [0.15, 0.2) is 0 Å². The number of anilines is 1. The van der Waals surface area contributed by atoms with Crippen molar-refractivity contribution in [2.24, 2.45) is 5.92 Å². The van der Waals surface area contributed by atoms with Crippen molar-refractivity contribution in [2.75, 3.05) is 24.6 Å². The Hall–Kier alpha value is -3.48. The van der Waals surface area contributed by atoms with Gasteiger partial charge in [-0.15, -0.1) is 0 Å². The third-order valence-electron chi connectivity index (χ3n) is 6.17. The molecule has 2 aromatic carbocycles. The average molecular weight is 463 g/mol. The van der Waals surface area contributed by atoms with Crippen molar-refractivity contribution in [2.45, 2.75) is 45.6 Å². The molecule has 1 unspecified atom stereocenters. The number of phenolic OH excluding ortho intramolecular Hbond substituents is 1. The minimum Gasteiger partial charge on any atom is -0.508 e. The van der Waals surface area contributed by atoms with E-state index in [1.165, 1.54) is 44.5 Å². The monoisotopic (exact) mass is 462 g/mol. The van der Waals surface area contributed by atoms with E-state index in [9.17, 15) is 9.90 Å². The van der Waals surface area contributed by atoms with Crippen LogP contribution in [0.1, 0.15) is 60.4 Å². The summed E-state index contributed by atoms with van der Waals surface area (Å²) in [4.78, 5) is 14.3. The molecule has 3 N–H and O–H groups in total. The number of aromatic amines is 1.